The second kappa shape index (κ2) is 7.73. The SMILES string of the molecule is CS(=O)(=O)N[C@H](Cc1nc[nH]c(=O)c1O)c1ccc(-c2ccccc2)cc1. The molecule has 0 aliphatic rings. The van der Waals surface area contributed by atoms with Gasteiger partial charge >= 0.3 is 0 Å². The largest absolute Gasteiger partial charge is 0.502 e. The number of aromatic amines is 1. The Morgan fingerprint density at radius 2 is 1.70 bits per heavy atom. The van der Waals surface area contributed by atoms with Crippen molar-refractivity contribution in [2.75, 3.05) is 6.26 Å². The number of rotatable bonds is 6. The topological polar surface area (TPSA) is 112 Å². The summed E-state index contributed by atoms with van der Waals surface area (Å²) in [6.45, 7) is 0. The van der Waals surface area contributed by atoms with E-state index in [9.17, 15) is 18.3 Å². The van der Waals surface area contributed by atoms with Gasteiger partial charge in [-0.3, -0.25) is 4.79 Å². The number of aromatic hydroxyl groups is 1. The van der Waals surface area contributed by atoms with Crippen molar-refractivity contribution >= 4 is 10.0 Å². The van der Waals surface area contributed by atoms with Gasteiger partial charge in [-0.25, -0.2) is 18.1 Å². The average Bonchev–Trinajstić information content (AvgIpc) is 2.65. The molecule has 3 aromatic rings. The Bertz CT molecular complexity index is 1080. The minimum absolute atomic E-state index is 0.0352. The normalized spacial score (nSPS) is 12.6. The van der Waals surface area contributed by atoms with Crippen LogP contribution in [0.4, 0.5) is 0 Å². The van der Waals surface area contributed by atoms with Crippen LogP contribution in [0.15, 0.2) is 65.7 Å². The van der Waals surface area contributed by atoms with Gasteiger partial charge in [0.1, 0.15) is 0 Å². The fourth-order valence-corrected chi connectivity index (χ4v) is 3.53. The Hall–Kier alpha value is -2.97. The summed E-state index contributed by atoms with van der Waals surface area (Å²) in [4.78, 5) is 17.8. The van der Waals surface area contributed by atoms with Crippen molar-refractivity contribution in [2.24, 2.45) is 0 Å². The second-order valence-electron chi connectivity index (χ2n) is 6.16. The fraction of sp³-hybridized carbons (Fsp3) is 0.158. The molecule has 0 aliphatic carbocycles. The quantitative estimate of drug-likeness (QED) is 0.601. The summed E-state index contributed by atoms with van der Waals surface area (Å²) in [6, 6.07) is 16.5. The van der Waals surface area contributed by atoms with E-state index in [2.05, 4.69) is 14.7 Å². The first-order chi connectivity index (χ1) is 12.8. The molecule has 1 heterocycles. The van der Waals surface area contributed by atoms with Crippen LogP contribution in [0, 0.1) is 0 Å². The van der Waals surface area contributed by atoms with Crippen LogP contribution in [0.3, 0.4) is 0 Å². The van der Waals surface area contributed by atoms with Gasteiger partial charge in [0.25, 0.3) is 5.56 Å². The van der Waals surface area contributed by atoms with Gasteiger partial charge in [-0.15, -0.1) is 0 Å². The van der Waals surface area contributed by atoms with Crippen molar-refractivity contribution in [1.29, 1.82) is 0 Å². The first-order valence-electron chi connectivity index (χ1n) is 8.22. The molecule has 2 aromatic carbocycles. The van der Waals surface area contributed by atoms with Crippen LogP contribution in [0.25, 0.3) is 11.1 Å². The lowest BCUT2D eigenvalue weighted by Gasteiger charge is -2.18. The van der Waals surface area contributed by atoms with Gasteiger partial charge in [0.15, 0.2) is 0 Å². The van der Waals surface area contributed by atoms with E-state index in [0.717, 1.165) is 17.4 Å². The van der Waals surface area contributed by atoms with Gasteiger partial charge in [0.2, 0.25) is 15.8 Å². The number of nitrogens with one attached hydrogen (secondary N) is 2. The minimum Gasteiger partial charge on any atom is -0.502 e. The van der Waals surface area contributed by atoms with Crippen LogP contribution in [0.2, 0.25) is 0 Å². The molecule has 0 saturated heterocycles. The molecule has 0 bridgehead atoms. The summed E-state index contributed by atoms with van der Waals surface area (Å²) in [5.74, 6) is -0.515. The highest BCUT2D eigenvalue weighted by atomic mass is 32.2. The van der Waals surface area contributed by atoms with Gasteiger partial charge in [0.05, 0.1) is 24.3 Å². The van der Waals surface area contributed by atoms with E-state index in [0.29, 0.717) is 5.56 Å². The van der Waals surface area contributed by atoms with E-state index in [-0.39, 0.29) is 12.1 Å². The highest BCUT2D eigenvalue weighted by Gasteiger charge is 2.20. The Morgan fingerprint density at radius 1 is 1.07 bits per heavy atom. The predicted molar refractivity (Wildman–Crippen MR) is 103 cm³/mol. The van der Waals surface area contributed by atoms with Crippen LogP contribution in [0.1, 0.15) is 17.3 Å². The highest BCUT2D eigenvalue weighted by Crippen LogP contribution is 2.25. The van der Waals surface area contributed by atoms with Crippen LogP contribution in [0.5, 0.6) is 5.75 Å². The molecule has 3 N–H and O–H groups in total. The molecule has 0 amide bonds. The van der Waals surface area contributed by atoms with Gasteiger partial charge in [-0.05, 0) is 16.7 Å². The van der Waals surface area contributed by atoms with Gasteiger partial charge in [-0.2, -0.15) is 0 Å². The maximum absolute atomic E-state index is 11.8. The molecule has 0 unspecified atom stereocenters. The molecule has 3 rings (SSSR count). The minimum atomic E-state index is -3.52. The summed E-state index contributed by atoms with van der Waals surface area (Å²) in [6.07, 6.45) is 2.27. The molecular formula is C19H19N3O4S. The molecule has 1 atom stereocenters. The molecule has 8 heteroatoms. The lowest BCUT2D eigenvalue weighted by Crippen LogP contribution is -2.29. The molecule has 7 nitrogen and oxygen atoms in total. The smallest absolute Gasteiger partial charge is 0.293 e. The lowest BCUT2D eigenvalue weighted by molar-refractivity contribution is 0.448. The zero-order valence-electron chi connectivity index (χ0n) is 14.6. The van der Waals surface area contributed by atoms with E-state index >= 15 is 0 Å². The Balaban J connectivity index is 1.93. The third-order valence-corrected chi connectivity index (χ3v) is 4.79. The predicted octanol–water partition coefficient (Wildman–Crippen LogP) is 1.98. The molecule has 1 aromatic heterocycles. The number of benzene rings is 2. The van der Waals surface area contributed by atoms with E-state index < -0.39 is 27.4 Å². The van der Waals surface area contributed by atoms with Crippen molar-refractivity contribution in [2.45, 2.75) is 12.5 Å². The van der Waals surface area contributed by atoms with E-state index in [1.54, 1.807) is 0 Å². The van der Waals surface area contributed by atoms with E-state index in [4.69, 9.17) is 0 Å². The van der Waals surface area contributed by atoms with Crippen molar-refractivity contribution < 1.29 is 13.5 Å². The van der Waals surface area contributed by atoms with Crippen LogP contribution < -0.4 is 10.3 Å². The Kier molecular flexibility index (Phi) is 5.38. The molecule has 0 aliphatic heterocycles. The Labute approximate surface area is 156 Å². The van der Waals surface area contributed by atoms with E-state index in [1.807, 2.05) is 54.6 Å². The number of aromatic nitrogens is 2. The van der Waals surface area contributed by atoms with Crippen molar-refractivity contribution in [1.82, 2.24) is 14.7 Å². The fourth-order valence-electron chi connectivity index (χ4n) is 2.80. The van der Waals surface area contributed by atoms with Gasteiger partial charge < -0.3 is 10.1 Å². The van der Waals surface area contributed by atoms with E-state index in [1.165, 1.54) is 6.33 Å². The summed E-state index contributed by atoms with van der Waals surface area (Å²) in [7, 11) is -3.52. The monoisotopic (exact) mass is 385 g/mol. The summed E-state index contributed by atoms with van der Waals surface area (Å²) >= 11 is 0. The maximum atomic E-state index is 11.8. The van der Waals surface area contributed by atoms with Gasteiger partial charge in [0, 0.05) is 6.42 Å². The standard InChI is InChI=1S/C19H19N3O4S/c1-27(25,26)22-16(11-17-18(23)19(24)21-12-20-17)15-9-7-14(8-10-15)13-5-3-2-4-6-13/h2-10,12,16,22-23H,11H2,1H3,(H,20,21,24)/t16-/m1/s1. The summed E-state index contributed by atoms with van der Waals surface area (Å²) < 4.78 is 26.1. The maximum Gasteiger partial charge on any atom is 0.293 e. The molecule has 27 heavy (non-hydrogen) atoms. The third-order valence-electron chi connectivity index (χ3n) is 4.08. The molecule has 0 saturated carbocycles. The van der Waals surface area contributed by atoms with Crippen molar-refractivity contribution in [3.63, 3.8) is 0 Å². The molecular weight excluding hydrogens is 366 g/mol. The zero-order chi connectivity index (χ0) is 19.4. The Morgan fingerprint density at radius 3 is 2.33 bits per heavy atom. The first kappa shape index (κ1) is 18.8. The van der Waals surface area contributed by atoms with Crippen molar-refractivity contribution in [3.05, 3.63) is 82.5 Å². The second-order valence-corrected chi connectivity index (χ2v) is 7.94. The summed E-state index contributed by atoms with van der Waals surface area (Å²) in [5, 5.41) is 9.90. The van der Waals surface area contributed by atoms with Crippen LogP contribution >= 0.6 is 0 Å². The van der Waals surface area contributed by atoms with Crippen molar-refractivity contribution in [3.8, 4) is 16.9 Å². The van der Waals surface area contributed by atoms with Crippen LogP contribution in [-0.4, -0.2) is 29.7 Å². The molecule has 0 radical (unpaired) electrons. The molecule has 140 valence electrons. The third kappa shape index (κ3) is 4.81. The number of hydrogen-bond donors (Lipinski definition) is 3. The zero-order valence-corrected chi connectivity index (χ0v) is 15.4. The molecule has 0 spiro atoms. The first-order valence-corrected chi connectivity index (χ1v) is 10.1. The molecule has 0 fully saturated rings. The number of hydrogen-bond acceptors (Lipinski definition) is 5. The number of nitrogens with zero attached hydrogens (tertiary/aromatic N) is 1. The highest BCUT2D eigenvalue weighted by molar-refractivity contribution is 7.88. The van der Waals surface area contributed by atoms with Crippen LogP contribution in [-0.2, 0) is 16.4 Å². The summed E-state index contributed by atoms with van der Waals surface area (Å²) in [5.41, 5.74) is 2.19. The number of sulfonamides is 1. The lowest BCUT2D eigenvalue weighted by atomic mass is 9.98. The number of H-pyrrole nitrogens is 1. The van der Waals surface area contributed by atoms with Gasteiger partial charge in [-0.1, -0.05) is 54.6 Å². The average molecular weight is 385 g/mol.